The van der Waals surface area contributed by atoms with E-state index in [0.29, 0.717) is 6.04 Å². The van der Waals surface area contributed by atoms with Crippen molar-refractivity contribution in [2.24, 2.45) is 17.7 Å². The maximum absolute atomic E-state index is 5.43. The van der Waals surface area contributed by atoms with Crippen LogP contribution < -0.4 is 11.3 Å². The van der Waals surface area contributed by atoms with Crippen LogP contribution >= 0.6 is 0 Å². The molecule has 0 amide bonds. The van der Waals surface area contributed by atoms with Crippen molar-refractivity contribution in [2.45, 2.75) is 39.2 Å². The summed E-state index contributed by atoms with van der Waals surface area (Å²) in [4.78, 5) is 0. The minimum atomic E-state index is 0.550. The van der Waals surface area contributed by atoms with Gasteiger partial charge in [-0.05, 0) is 24.7 Å². The van der Waals surface area contributed by atoms with Crippen LogP contribution in [0.2, 0.25) is 0 Å². The lowest BCUT2D eigenvalue weighted by molar-refractivity contribution is 0.211. The van der Waals surface area contributed by atoms with E-state index in [1.54, 1.807) is 0 Å². The third-order valence-corrected chi connectivity index (χ3v) is 2.74. The predicted molar refractivity (Wildman–Crippen MR) is 43.3 cm³/mol. The number of hydrazine groups is 1. The highest BCUT2D eigenvalue weighted by Crippen LogP contribution is 2.27. The highest BCUT2D eigenvalue weighted by molar-refractivity contribution is 4.81. The van der Waals surface area contributed by atoms with Crippen molar-refractivity contribution in [3.63, 3.8) is 0 Å². The second kappa shape index (κ2) is 3.35. The highest BCUT2D eigenvalue weighted by atomic mass is 15.2. The maximum Gasteiger partial charge on any atom is 0.0261 e. The van der Waals surface area contributed by atoms with E-state index in [2.05, 4.69) is 19.3 Å². The van der Waals surface area contributed by atoms with Crippen LogP contribution in [0, 0.1) is 11.8 Å². The number of hydrogen-bond acceptors (Lipinski definition) is 2. The van der Waals surface area contributed by atoms with Crippen molar-refractivity contribution in [1.29, 1.82) is 0 Å². The van der Waals surface area contributed by atoms with Crippen molar-refractivity contribution in [3.8, 4) is 0 Å². The van der Waals surface area contributed by atoms with E-state index in [1.165, 1.54) is 19.3 Å². The Bertz CT molecular complexity index is 93.4. The maximum atomic E-state index is 5.43. The van der Waals surface area contributed by atoms with Gasteiger partial charge >= 0.3 is 0 Å². The summed E-state index contributed by atoms with van der Waals surface area (Å²) in [6.07, 6.45) is 4.04. The SMILES string of the molecule is C[C@@H]1CCC[C@@H](C)C1NN. The fourth-order valence-corrected chi connectivity index (χ4v) is 2.01. The van der Waals surface area contributed by atoms with Gasteiger partial charge in [0.15, 0.2) is 0 Å². The predicted octanol–water partition coefficient (Wildman–Crippen LogP) is 1.27. The molecule has 0 bridgehead atoms. The van der Waals surface area contributed by atoms with E-state index in [4.69, 9.17) is 5.84 Å². The molecule has 1 aliphatic rings. The molecule has 0 saturated heterocycles. The standard InChI is InChI=1S/C8H18N2/c1-6-4-3-5-7(2)8(6)10-9/h6-8,10H,3-5,9H2,1-2H3/t6-,7-/m1/s1. The lowest BCUT2D eigenvalue weighted by Crippen LogP contribution is -2.46. The fraction of sp³-hybridized carbons (Fsp3) is 1.00. The molecule has 0 aliphatic heterocycles. The Balaban J connectivity index is 2.45. The Morgan fingerprint density at radius 2 is 1.70 bits per heavy atom. The van der Waals surface area contributed by atoms with E-state index in [0.717, 1.165) is 11.8 Å². The fourth-order valence-electron chi connectivity index (χ4n) is 2.01. The average molecular weight is 142 g/mol. The minimum Gasteiger partial charge on any atom is -0.271 e. The summed E-state index contributed by atoms with van der Waals surface area (Å²) in [6, 6.07) is 0.550. The molecule has 60 valence electrons. The second-order valence-electron chi connectivity index (χ2n) is 3.58. The van der Waals surface area contributed by atoms with Crippen LogP contribution in [0.3, 0.4) is 0 Å². The van der Waals surface area contributed by atoms with Crippen molar-refractivity contribution >= 4 is 0 Å². The van der Waals surface area contributed by atoms with Crippen LogP contribution in [0.15, 0.2) is 0 Å². The number of nitrogens with two attached hydrogens (primary N) is 1. The Kier molecular flexibility index (Phi) is 2.69. The van der Waals surface area contributed by atoms with Gasteiger partial charge in [0.05, 0.1) is 0 Å². The normalized spacial score (nSPS) is 36.3. The zero-order valence-electron chi connectivity index (χ0n) is 6.93. The van der Waals surface area contributed by atoms with Crippen LogP contribution in [-0.4, -0.2) is 6.04 Å². The molecule has 1 saturated carbocycles. The number of nitrogens with one attached hydrogen (secondary N) is 1. The smallest absolute Gasteiger partial charge is 0.0261 e. The van der Waals surface area contributed by atoms with Gasteiger partial charge < -0.3 is 0 Å². The van der Waals surface area contributed by atoms with Crippen molar-refractivity contribution in [2.75, 3.05) is 0 Å². The molecule has 0 aromatic carbocycles. The zero-order valence-corrected chi connectivity index (χ0v) is 6.93. The molecule has 0 aromatic heterocycles. The van der Waals surface area contributed by atoms with Gasteiger partial charge in [-0.1, -0.05) is 20.3 Å². The average Bonchev–Trinajstić information content (AvgIpc) is 1.88. The van der Waals surface area contributed by atoms with Crippen molar-refractivity contribution in [3.05, 3.63) is 0 Å². The molecule has 0 heterocycles. The summed E-state index contributed by atoms with van der Waals surface area (Å²) in [5.74, 6) is 6.95. The molecular weight excluding hydrogens is 124 g/mol. The molecule has 1 aliphatic carbocycles. The molecule has 1 fully saturated rings. The van der Waals surface area contributed by atoms with E-state index < -0.39 is 0 Å². The Hall–Kier alpha value is -0.0800. The van der Waals surface area contributed by atoms with E-state index in [-0.39, 0.29) is 0 Å². The Morgan fingerprint density at radius 1 is 1.20 bits per heavy atom. The monoisotopic (exact) mass is 142 g/mol. The van der Waals surface area contributed by atoms with Crippen molar-refractivity contribution < 1.29 is 0 Å². The van der Waals surface area contributed by atoms with Gasteiger partial charge in [0.25, 0.3) is 0 Å². The highest BCUT2D eigenvalue weighted by Gasteiger charge is 2.25. The van der Waals surface area contributed by atoms with Crippen molar-refractivity contribution in [1.82, 2.24) is 5.43 Å². The first kappa shape index (κ1) is 8.02. The lowest BCUT2D eigenvalue weighted by atomic mass is 9.79. The first-order chi connectivity index (χ1) is 4.75. The second-order valence-corrected chi connectivity index (χ2v) is 3.58. The molecule has 2 heteroatoms. The molecule has 0 aromatic rings. The van der Waals surface area contributed by atoms with Gasteiger partial charge in [-0.2, -0.15) is 0 Å². The van der Waals surface area contributed by atoms with Gasteiger partial charge in [-0.3, -0.25) is 11.3 Å². The number of hydrogen-bond donors (Lipinski definition) is 2. The molecule has 0 spiro atoms. The first-order valence-corrected chi connectivity index (χ1v) is 4.22. The summed E-state index contributed by atoms with van der Waals surface area (Å²) in [5, 5.41) is 0. The summed E-state index contributed by atoms with van der Waals surface area (Å²) in [5.41, 5.74) is 2.90. The molecule has 0 unspecified atom stereocenters. The number of rotatable bonds is 1. The molecule has 0 radical (unpaired) electrons. The summed E-state index contributed by atoms with van der Waals surface area (Å²) in [6.45, 7) is 4.56. The van der Waals surface area contributed by atoms with Crippen LogP contribution in [0.5, 0.6) is 0 Å². The van der Waals surface area contributed by atoms with Gasteiger partial charge in [0, 0.05) is 6.04 Å². The summed E-state index contributed by atoms with van der Waals surface area (Å²) in [7, 11) is 0. The topological polar surface area (TPSA) is 38.0 Å². The largest absolute Gasteiger partial charge is 0.271 e. The third-order valence-electron chi connectivity index (χ3n) is 2.74. The Morgan fingerprint density at radius 3 is 2.00 bits per heavy atom. The molecule has 3 N–H and O–H groups in total. The molecular formula is C8H18N2. The molecule has 2 nitrogen and oxygen atoms in total. The zero-order chi connectivity index (χ0) is 7.56. The van der Waals surface area contributed by atoms with Crippen LogP contribution in [0.1, 0.15) is 33.1 Å². The summed E-state index contributed by atoms with van der Waals surface area (Å²) >= 11 is 0. The van der Waals surface area contributed by atoms with Crippen LogP contribution in [0.4, 0.5) is 0 Å². The van der Waals surface area contributed by atoms with E-state index in [1.807, 2.05) is 0 Å². The van der Waals surface area contributed by atoms with Gasteiger partial charge in [0.2, 0.25) is 0 Å². The third kappa shape index (κ3) is 1.50. The molecule has 2 atom stereocenters. The lowest BCUT2D eigenvalue weighted by Gasteiger charge is -2.33. The minimum absolute atomic E-state index is 0.550. The van der Waals surface area contributed by atoms with E-state index in [9.17, 15) is 0 Å². The van der Waals surface area contributed by atoms with E-state index >= 15 is 0 Å². The quantitative estimate of drug-likeness (QED) is 0.427. The van der Waals surface area contributed by atoms with Crippen LogP contribution in [-0.2, 0) is 0 Å². The van der Waals surface area contributed by atoms with Crippen LogP contribution in [0.25, 0.3) is 0 Å². The Labute approximate surface area is 63.1 Å². The summed E-state index contributed by atoms with van der Waals surface area (Å²) < 4.78 is 0. The molecule has 10 heavy (non-hydrogen) atoms. The van der Waals surface area contributed by atoms with Gasteiger partial charge in [-0.15, -0.1) is 0 Å². The molecule has 1 rings (SSSR count). The van der Waals surface area contributed by atoms with Gasteiger partial charge in [0.1, 0.15) is 0 Å². The van der Waals surface area contributed by atoms with Gasteiger partial charge in [-0.25, -0.2) is 0 Å². The first-order valence-electron chi connectivity index (χ1n) is 4.22.